The first-order valence-corrected chi connectivity index (χ1v) is 9.27. The van der Waals surface area contributed by atoms with Crippen molar-refractivity contribution in [3.63, 3.8) is 0 Å². The van der Waals surface area contributed by atoms with Crippen LogP contribution in [0.25, 0.3) is 10.6 Å². The van der Waals surface area contributed by atoms with Gasteiger partial charge in [-0.1, -0.05) is 11.6 Å². The number of nitrogens with zero attached hydrogens (tertiary/aromatic N) is 1. The maximum atomic E-state index is 14.1. The third-order valence-electron chi connectivity index (χ3n) is 3.39. The van der Waals surface area contributed by atoms with E-state index in [-0.39, 0.29) is 10.6 Å². The zero-order valence-corrected chi connectivity index (χ0v) is 16.4. The molecule has 11 heteroatoms. The average molecular weight is 480 g/mol. The number of amides is 1. The van der Waals surface area contributed by atoms with E-state index >= 15 is 0 Å². The Balaban J connectivity index is 1.76. The van der Waals surface area contributed by atoms with Crippen molar-refractivity contribution in [1.82, 2.24) is 4.98 Å². The van der Waals surface area contributed by atoms with E-state index in [1.54, 1.807) is 12.1 Å². The topological polar surface area (TPSA) is 98.6 Å². The number of thiophene rings is 1. The highest BCUT2D eigenvalue weighted by Gasteiger charge is 2.23. The van der Waals surface area contributed by atoms with Crippen molar-refractivity contribution < 1.29 is 27.8 Å². The lowest BCUT2D eigenvalue weighted by molar-refractivity contribution is 0.0811. The fraction of sp³-hybridized carbons (Fsp3) is 0.125. The van der Waals surface area contributed by atoms with Gasteiger partial charge in [0.05, 0.1) is 9.21 Å². The molecular weight excluding hydrogens is 470 g/mol. The molecule has 6 nitrogen and oxygen atoms in total. The van der Waals surface area contributed by atoms with E-state index in [1.807, 2.05) is 0 Å². The van der Waals surface area contributed by atoms with Gasteiger partial charge in [-0.15, -0.1) is 11.3 Å². The van der Waals surface area contributed by atoms with Crippen LogP contribution in [0.15, 0.2) is 33.4 Å². The first-order valence-electron chi connectivity index (χ1n) is 7.28. The molecule has 1 amide bonds. The van der Waals surface area contributed by atoms with Gasteiger partial charge >= 0.3 is 0 Å². The summed E-state index contributed by atoms with van der Waals surface area (Å²) in [7, 11) is 0. The van der Waals surface area contributed by atoms with Gasteiger partial charge < -0.3 is 20.0 Å². The lowest BCUT2D eigenvalue weighted by Crippen LogP contribution is -2.17. The van der Waals surface area contributed by atoms with Gasteiger partial charge in [0.15, 0.2) is 22.3 Å². The number of benzene rings is 1. The molecule has 1 aromatic carbocycles. The first kappa shape index (κ1) is 19.7. The number of nitrogens with two attached hydrogens (primary N) is 1. The second-order valence-corrected chi connectivity index (χ2v) is 7.64. The van der Waals surface area contributed by atoms with Crippen molar-refractivity contribution in [1.29, 1.82) is 0 Å². The van der Waals surface area contributed by atoms with Gasteiger partial charge in [0, 0.05) is 0 Å². The minimum Gasteiger partial charge on any atom is -0.487 e. The normalized spacial score (nSPS) is 12.2. The number of hydrogen-bond acceptors (Lipinski definition) is 6. The van der Waals surface area contributed by atoms with E-state index in [1.165, 1.54) is 11.3 Å². The van der Waals surface area contributed by atoms with Gasteiger partial charge in [-0.25, -0.2) is 13.8 Å². The van der Waals surface area contributed by atoms with E-state index in [4.69, 9.17) is 26.5 Å². The molecule has 0 aliphatic heterocycles. The van der Waals surface area contributed by atoms with Crippen LogP contribution in [-0.4, -0.2) is 22.6 Å². The van der Waals surface area contributed by atoms with E-state index in [0.717, 1.165) is 12.1 Å². The highest BCUT2D eigenvalue weighted by molar-refractivity contribution is 9.10. The summed E-state index contributed by atoms with van der Waals surface area (Å²) < 4.78 is 38.9. The largest absolute Gasteiger partial charge is 0.487 e. The number of hydrogen-bond donors (Lipinski definition) is 2. The van der Waals surface area contributed by atoms with E-state index < -0.39 is 41.6 Å². The lowest BCUT2D eigenvalue weighted by atomic mass is 10.1. The summed E-state index contributed by atoms with van der Waals surface area (Å²) in [6.45, 7) is -0.460. The van der Waals surface area contributed by atoms with Gasteiger partial charge in [-0.05, 0) is 40.2 Å². The first-order chi connectivity index (χ1) is 12.8. The highest BCUT2D eigenvalue weighted by Crippen LogP contribution is 2.36. The molecule has 3 rings (SSSR count). The SMILES string of the molecule is NC(=O)c1c(F)ccc(OCC(O)c2nc(-c3ccc(Cl)s3)c(Br)o2)c1F. The molecule has 142 valence electrons. The molecule has 3 aromatic rings. The summed E-state index contributed by atoms with van der Waals surface area (Å²) in [4.78, 5) is 16.0. The third kappa shape index (κ3) is 4.13. The van der Waals surface area contributed by atoms with Crippen LogP contribution in [0.5, 0.6) is 5.75 Å². The van der Waals surface area contributed by atoms with Crippen molar-refractivity contribution in [3.05, 3.63) is 56.4 Å². The maximum Gasteiger partial charge on any atom is 0.254 e. The summed E-state index contributed by atoms with van der Waals surface area (Å²) in [5, 5.41) is 10.2. The summed E-state index contributed by atoms with van der Waals surface area (Å²) in [5.41, 5.74) is 4.46. The number of ether oxygens (including phenoxy) is 1. The molecule has 1 atom stereocenters. The second-order valence-electron chi connectivity index (χ2n) is 5.20. The Labute approximate surface area is 168 Å². The fourth-order valence-electron chi connectivity index (χ4n) is 2.16. The van der Waals surface area contributed by atoms with Gasteiger partial charge in [0.25, 0.3) is 5.91 Å². The molecule has 0 aliphatic rings. The summed E-state index contributed by atoms with van der Waals surface area (Å²) in [5.74, 6) is -4.16. The maximum absolute atomic E-state index is 14.1. The smallest absolute Gasteiger partial charge is 0.254 e. The van der Waals surface area contributed by atoms with Crippen molar-refractivity contribution in [2.45, 2.75) is 6.10 Å². The Morgan fingerprint density at radius 1 is 1.41 bits per heavy atom. The van der Waals surface area contributed by atoms with Crippen molar-refractivity contribution in [3.8, 4) is 16.3 Å². The quantitative estimate of drug-likeness (QED) is 0.549. The summed E-state index contributed by atoms with van der Waals surface area (Å²) >= 11 is 10.4. The number of carbonyl (C=O) groups excluding carboxylic acids is 1. The Kier molecular flexibility index (Phi) is 5.80. The monoisotopic (exact) mass is 478 g/mol. The molecule has 0 spiro atoms. The molecule has 2 aromatic heterocycles. The Morgan fingerprint density at radius 3 is 2.78 bits per heavy atom. The molecule has 3 N–H and O–H groups in total. The van der Waals surface area contributed by atoms with Crippen LogP contribution < -0.4 is 10.5 Å². The van der Waals surface area contributed by atoms with E-state index in [0.29, 0.717) is 14.9 Å². The van der Waals surface area contributed by atoms with Crippen LogP contribution in [0.1, 0.15) is 22.4 Å². The van der Waals surface area contributed by atoms with Gasteiger partial charge in [0.1, 0.15) is 23.7 Å². The number of primary amides is 1. The van der Waals surface area contributed by atoms with Gasteiger partial charge in [-0.2, -0.15) is 0 Å². The summed E-state index contributed by atoms with van der Waals surface area (Å²) in [6, 6.07) is 5.25. The molecule has 0 saturated heterocycles. The minimum absolute atomic E-state index is 0.0842. The predicted molar refractivity (Wildman–Crippen MR) is 97.9 cm³/mol. The Morgan fingerprint density at radius 2 is 2.15 bits per heavy atom. The molecule has 0 bridgehead atoms. The van der Waals surface area contributed by atoms with Crippen LogP contribution in [-0.2, 0) is 0 Å². The molecule has 2 heterocycles. The zero-order chi connectivity index (χ0) is 19.7. The number of oxazole rings is 1. The molecule has 0 fully saturated rings. The molecular formula is C16H10BrClF2N2O4S. The Hall–Kier alpha value is -2.01. The number of carbonyl (C=O) groups is 1. The average Bonchev–Trinajstić information content (AvgIpc) is 3.19. The van der Waals surface area contributed by atoms with Crippen molar-refractivity contribution in [2.75, 3.05) is 6.61 Å². The number of rotatable bonds is 6. The number of aromatic nitrogens is 1. The molecule has 0 saturated carbocycles. The zero-order valence-electron chi connectivity index (χ0n) is 13.2. The van der Waals surface area contributed by atoms with Crippen LogP contribution >= 0.6 is 38.9 Å². The van der Waals surface area contributed by atoms with E-state index in [9.17, 15) is 18.7 Å². The van der Waals surface area contributed by atoms with Gasteiger partial charge in [0.2, 0.25) is 5.89 Å². The number of halogens is 4. The predicted octanol–water partition coefficient (Wildman–Crippen LogP) is 4.31. The standard InChI is InChI=1S/C16H10BrClF2N2O4S/c17-14-13(9-3-4-10(18)27-9)22-16(26-14)7(23)5-25-8-2-1-6(19)11(12(8)20)15(21)24/h1-4,7,23H,5H2,(H2,21,24). The molecule has 27 heavy (non-hydrogen) atoms. The van der Waals surface area contributed by atoms with Gasteiger partial charge in [-0.3, -0.25) is 4.79 Å². The van der Waals surface area contributed by atoms with Crippen LogP contribution in [0.3, 0.4) is 0 Å². The van der Waals surface area contributed by atoms with E-state index in [2.05, 4.69) is 20.9 Å². The molecule has 1 unspecified atom stereocenters. The lowest BCUT2D eigenvalue weighted by Gasteiger charge is -2.11. The number of aliphatic hydroxyl groups excluding tert-OH is 1. The van der Waals surface area contributed by atoms with Crippen molar-refractivity contribution in [2.24, 2.45) is 5.73 Å². The molecule has 0 radical (unpaired) electrons. The van der Waals surface area contributed by atoms with Crippen LogP contribution in [0.4, 0.5) is 8.78 Å². The third-order valence-corrected chi connectivity index (χ3v) is 5.17. The highest BCUT2D eigenvalue weighted by atomic mass is 79.9. The van der Waals surface area contributed by atoms with Crippen LogP contribution in [0, 0.1) is 11.6 Å². The summed E-state index contributed by atoms with van der Waals surface area (Å²) in [6.07, 6.45) is -1.35. The second kappa shape index (κ2) is 7.93. The van der Waals surface area contributed by atoms with Crippen molar-refractivity contribution >= 4 is 44.8 Å². The fourth-order valence-corrected chi connectivity index (χ4v) is 3.79. The molecule has 0 aliphatic carbocycles. The minimum atomic E-state index is -1.35. The Bertz CT molecular complexity index is 1010. The number of aliphatic hydroxyl groups is 1. The van der Waals surface area contributed by atoms with Crippen LogP contribution in [0.2, 0.25) is 4.34 Å².